The van der Waals surface area contributed by atoms with Crippen LogP contribution in [0.25, 0.3) is 0 Å². The molecule has 0 bridgehead atoms. The lowest BCUT2D eigenvalue weighted by Crippen LogP contribution is -2.36. The van der Waals surface area contributed by atoms with E-state index in [1.54, 1.807) is 12.1 Å². The molecule has 3 rings (SSSR count). The van der Waals surface area contributed by atoms with Crippen LogP contribution in [0.3, 0.4) is 0 Å². The molecule has 0 aliphatic carbocycles. The first-order valence-electron chi connectivity index (χ1n) is 7.23. The van der Waals surface area contributed by atoms with E-state index in [-0.39, 0.29) is 5.56 Å². The number of anilines is 2. The highest BCUT2D eigenvalue weighted by molar-refractivity contribution is 6.04. The molecule has 1 aliphatic rings. The summed E-state index contributed by atoms with van der Waals surface area (Å²) in [5.74, 6) is -0.970. The van der Waals surface area contributed by atoms with Gasteiger partial charge in [0.2, 0.25) is 0 Å². The van der Waals surface area contributed by atoms with Crippen LogP contribution in [0.1, 0.15) is 10.4 Å². The monoisotopic (exact) mass is 300 g/mol. The quantitative estimate of drug-likeness (QED) is 0.947. The van der Waals surface area contributed by atoms with Crippen molar-refractivity contribution < 1.29 is 13.9 Å². The van der Waals surface area contributed by atoms with Crippen molar-refractivity contribution in [1.82, 2.24) is 0 Å². The number of nitrogens with one attached hydrogen (secondary N) is 1. The molecule has 0 radical (unpaired) electrons. The number of hydrogen-bond acceptors (Lipinski definition) is 3. The number of carbonyl (C=O) groups excluding carboxylic acids is 1. The molecule has 2 aromatic rings. The Morgan fingerprint density at radius 3 is 2.41 bits per heavy atom. The third kappa shape index (κ3) is 3.26. The van der Waals surface area contributed by atoms with Gasteiger partial charge in [-0.1, -0.05) is 12.1 Å². The summed E-state index contributed by atoms with van der Waals surface area (Å²) in [5, 5.41) is 2.71. The van der Waals surface area contributed by atoms with Gasteiger partial charge in [0.15, 0.2) is 0 Å². The number of carbonyl (C=O) groups is 1. The van der Waals surface area contributed by atoms with Crippen molar-refractivity contribution in [2.75, 3.05) is 36.5 Å². The Morgan fingerprint density at radius 1 is 1.05 bits per heavy atom. The van der Waals surface area contributed by atoms with E-state index in [1.165, 1.54) is 12.1 Å². The molecule has 5 heteroatoms. The Balaban J connectivity index is 1.68. The number of nitrogens with zero attached hydrogens (tertiary/aromatic N) is 1. The second kappa shape index (κ2) is 6.58. The van der Waals surface area contributed by atoms with E-state index in [1.807, 2.05) is 24.3 Å². The minimum atomic E-state index is -0.523. The number of rotatable bonds is 3. The van der Waals surface area contributed by atoms with Gasteiger partial charge in [-0.15, -0.1) is 0 Å². The number of hydrogen-bond donors (Lipinski definition) is 1. The largest absolute Gasteiger partial charge is 0.378 e. The number of ether oxygens (including phenoxy) is 1. The molecule has 2 aromatic carbocycles. The van der Waals surface area contributed by atoms with E-state index < -0.39 is 11.7 Å². The minimum absolute atomic E-state index is 0.0414. The first-order chi connectivity index (χ1) is 10.7. The van der Waals surface area contributed by atoms with E-state index >= 15 is 0 Å². The highest BCUT2D eigenvalue weighted by Crippen LogP contribution is 2.19. The van der Waals surface area contributed by atoms with Crippen LogP contribution >= 0.6 is 0 Å². The third-order valence-corrected chi connectivity index (χ3v) is 3.62. The Hall–Kier alpha value is -2.40. The highest BCUT2D eigenvalue weighted by Gasteiger charge is 2.13. The lowest BCUT2D eigenvalue weighted by atomic mass is 10.2. The Bertz CT molecular complexity index is 652. The average molecular weight is 300 g/mol. The third-order valence-electron chi connectivity index (χ3n) is 3.62. The lowest BCUT2D eigenvalue weighted by molar-refractivity contribution is 0.102. The molecule has 1 aliphatic heterocycles. The number of halogens is 1. The topological polar surface area (TPSA) is 41.6 Å². The van der Waals surface area contributed by atoms with Crippen LogP contribution in [0.15, 0.2) is 48.5 Å². The second-order valence-corrected chi connectivity index (χ2v) is 5.08. The number of benzene rings is 2. The highest BCUT2D eigenvalue weighted by atomic mass is 19.1. The second-order valence-electron chi connectivity index (χ2n) is 5.08. The van der Waals surface area contributed by atoms with Crippen molar-refractivity contribution in [2.24, 2.45) is 0 Å². The Morgan fingerprint density at radius 2 is 1.73 bits per heavy atom. The van der Waals surface area contributed by atoms with Crippen LogP contribution < -0.4 is 10.2 Å². The van der Waals surface area contributed by atoms with Crippen LogP contribution in [0, 0.1) is 5.82 Å². The van der Waals surface area contributed by atoms with Crippen molar-refractivity contribution in [3.05, 3.63) is 59.9 Å². The normalized spacial score (nSPS) is 14.7. The molecule has 1 saturated heterocycles. The molecule has 0 spiro atoms. The first-order valence-corrected chi connectivity index (χ1v) is 7.23. The molecule has 0 aromatic heterocycles. The summed E-state index contributed by atoms with van der Waals surface area (Å²) in [6.07, 6.45) is 0. The fraction of sp³-hybridized carbons (Fsp3) is 0.235. The fourth-order valence-corrected chi connectivity index (χ4v) is 2.42. The van der Waals surface area contributed by atoms with Gasteiger partial charge in [-0.25, -0.2) is 4.39 Å². The maximum absolute atomic E-state index is 13.6. The maximum Gasteiger partial charge on any atom is 0.258 e. The van der Waals surface area contributed by atoms with Crippen molar-refractivity contribution in [3.63, 3.8) is 0 Å². The van der Waals surface area contributed by atoms with Crippen LogP contribution in [0.2, 0.25) is 0 Å². The van der Waals surface area contributed by atoms with Gasteiger partial charge in [0.05, 0.1) is 18.8 Å². The van der Waals surface area contributed by atoms with Gasteiger partial charge in [0.1, 0.15) is 5.82 Å². The standard InChI is InChI=1S/C17H17FN2O2/c18-16-4-2-1-3-15(16)17(21)19-13-5-7-14(8-6-13)20-9-11-22-12-10-20/h1-8H,9-12H2,(H,19,21). The summed E-state index contributed by atoms with van der Waals surface area (Å²) in [7, 11) is 0. The number of amides is 1. The predicted molar refractivity (Wildman–Crippen MR) is 83.8 cm³/mol. The van der Waals surface area contributed by atoms with Crippen molar-refractivity contribution in [2.45, 2.75) is 0 Å². The summed E-state index contributed by atoms with van der Waals surface area (Å²) in [6, 6.07) is 13.5. The zero-order valence-corrected chi connectivity index (χ0v) is 12.1. The van der Waals surface area contributed by atoms with E-state index in [0.717, 1.165) is 32.0 Å². The van der Waals surface area contributed by atoms with E-state index in [0.29, 0.717) is 5.69 Å². The van der Waals surface area contributed by atoms with Gasteiger partial charge < -0.3 is 15.0 Å². The van der Waals surface area contributed by atoms with E-state index in [2.05, 4.69) is 10.2 Å². The first kappa shape index (κ1) is 14.5. The molecule has 22 heavy (non-hydrogen) atoms. The molecular formula is C17H17FN2O2. The molecule has 0 saturated carbocycles. The smallest absolute Gasteiger partial charge is 0.258 e. The summed E-state index contributed by atoms with van der Waals surface area (Å²) < 4.78 is 18.9. The van der Waals surface area contributed by atoms with Crippen LogP contribution in [-0.2, 0) is 4.74 Å². The molecule has 0 atom stereocenters. The Labute approximate surface area is 128 Å². The molecule has 0 unspecified atom stereocenters. The predicted octanol–water partition coefficient (Wildman–Crippen LogP) is 2.91. The Kier molecular flexibility index (Phi) is 4.34. The summed E-state index contributed by atoms with van der Waals surface area (Å²) in [4.78, 5) is 14.3. The SMILES string of the molecule is O=C(Nc1ccc(N2CCOCC2)cc1)c1ccccc1F. The molecular weight excluding hydrogens is 283 g/mol. The van der Waals surface area contributed by atoms with Gasteiger partial charge in [-0.05, 0) is 36.4 Å². The maximum atomic E-state index is 13.6. The van der Waals surface area contributed by atoms with Crippen molar-refractivity contribution in [3.8, 4) is 0 Å². The zero-order chi connectivity index (χ0) is 15.4. The van der Waals surface area contributed by atoms with Gasteiger partial charge >= 0.3 is 0 Å². The van der Waals surface area contributed by atoms with Gasteiger partial charge in [0, 0.05) is 24.5 Å². The van der Waals surface area contributed by atoms with Crippen LogP contribution in [-0.4, -0.2) is 32.2 Å². The van der Waals surface area contributed by atoms with E-state index in [9.17, 15) is 9.18 Å². The van der Waals surface area contributed by atoms with Crippen LogP contribution in [0.5, 0.6) is 0 Å². The molecule has 1 N–H and O–H groups in total. The molecule has 1 heterocycles. The van der Waals surface area contributed by atoms with Crippen molar-refractivity contribution in [1.29, 1.82) is 0 Å². The fourth-order valence-electron chi connectivity index (χ4n) is 2.42. The average Bonchev–Trinajstić information content (AvgIpc) is 2.57. The summed E-state index contributed by atoms with van der Waals surface area (Å²) in [5.41, 5.74) is 1.78. The van der Waals surface area contributed by atoms with Gasteiger partial charge in [0.25, 0.3) is 5.91 Å². The molecule has 1 amide bonds. The van der Waals surface area contributed by atoms with E-state index in [4.69, 9.17) is 4.74 Å². The van der Waals surface area contributed by atoms with Gasteiger partial charge in [-0.3, -0.25) is 4.79 Å². The molecule has 114 valence electrons. The zero-order valence-electron chi connectivity index (χ0n) is 12.1. The minimum Gasteiger partial charge on any atom is -0.378 e. The van der Waals surface area contributed by atoms with Crippen molar-refractivity contribution >= 4 is 17.3 Å². The number of morpholine rings is 1. The molecule has 1 fully saturated rings. The van der Waals surface area contributed by atoms with Gasteiger partial charge in [-0.2, -0.15) is 0 Å². The summed E-state index contributed by atoms with van der Waals surface area (Å²) in [6.45, 7) is 3.18. The summed E-state index contributed by atoms with van der Waals surface area (Å²) >= 11 is 0. The molecule has 4 nitrogen and oxygen atoms in total. The lowest BCUT2D eigenvalue weighted by Gasteiger charge is -2.28. The van der Waals surface area contributed by atoms with Crippen LogP contribution in [0.4, 0.5) is 15.8 Å².